The maximum atomic E-state index is 13.5. The van der Waals surface area contributed by atoms with Crippen LogP contribution in [0.5, 0.6) is 0 Å². The highest BCUT2D eigenvalue weighted by Crippen LogP contribution is 2.30. The molecule has 184 valence electrons. The third kappa shape index (κ3) is 4.22. The summed E-state index contributed by atoms with van der Waals surface area (Å²) < 4.78 is 7.51. The van der Waals surface area contributed by atoms with Crippen molar-refractivity contribution in [3.05, 3.63) is 82.5 Å². The van der Waals surface area contributed by atoms with E-state index in [2.05, 4.69) is 41.0 Å². The molecule has 0 N–H and O–H groups in total. The Bertz CT molecular complexity index is 1400. The van der Waals surface area contributed by atoms with E-state index in [4.69, 9.17) is 9.62 Å². The van der Waals surface area contributed by atoms with Crippen molar-refractivity contribution in [2.24, 2.45) is 0 Å². The number of piperazine rings is 1. The van der Waals surface area contributed by atoms with Gasteiger partial charge in [0.2, 0.25) is 11.7 Å². The molecule has 2 aromatic carbocycles. The molecule has 1 saturated heterocycles. The first-order valence-corrected chi connectivity index (χ1v) is 12.6. The molecule has 2 aromatic heterocycles. The minimum atomic E-state index is 0.0413. The summed E-state index contributed by atoms with van der Waals surface area (Å²) >= 11 is 0. The first kappa shape index (κ1) is 22.7. The zero-order valence-electron chi connectivity index (χ0n) is 20.8. The van der Waals surface area contributed by atoms with Crippen molar-refractivity contribution in [3.63, 3.8) is 0 Å². The van der Waals surface area contributed by atoms with Crippen LogP contribution < -0.4 is 0 Å². The smallest absolute Gasteiger partial charge is 0.274 e. The van der Waals surface area contributed by atoms with Crippen molar-refractivity contribution in [2.45, 2.75) is 39.7 Å². The second-order valence-corrected chi connectivity index (χ2v) is 9.77. The number of nitrogens with zero attached hydrogens (tertiary/aromatic N) is 6. The Hall–Kier alpha value is -3.78. The average molecular weight is 483 g/mol. The molecule has 36 heavy (non-hydrogen) atoms. The summed E-state index contributed by atoms with van der Waals surface area (Å²) in [5, 5.41) is 8.98. The molecule has 8 nitrogen and oxygen atoms in total. The van der Waals surface area contributed by atoms with Gasteiger partial charge in [0.05, 0.1) is 12.2 Å². The minimum absolute atomic E-state index is 0.0413. The van der Waals surface area contributed by atoms with Crippen LogP contribution in [-0.2, 0) is 19.4 Å². The van der Waals surface area contributed by atoms with Crippen molar-refractivity contribution in [1.29, 1.82) is 0 Å². The topological polar surface area (TPSA) is 80.3 Å². The molecule has 0 atom stereocenters. The molecule has 0 spiro atoms. The number of benzene rings is 2. The average Bonchev–Trinajstić information content (AvgIpc) is 3.63. The number of rotatable bonds is 5. The quantitative estimate of drug-likeness (QED) is 0.428. The molecule has 6 rings (SSSR count). The Morgan fingerprint density at radius 2 is 1.75 bits per heavy atom. The molecule has 8 heteroatoms. The van der Waals surface area contributed by atoms with Crippen molar-refractivity contribution >= 4 is 5.91 Å². The van der Waals surface area contributed by atoms with E-state index < -0.39 is 0 Å². The highest BCUT2D eigenvalue weighted by molar-refractivity contribution is 5.94. The van der Waals surface area contributed by atoms with Crippen LogP contribution in [0.1, 0.15) is 45.2 Å². The van der Waals surface area contributed by atoms with Gasteiger partial charge >= 0.3 is 0 Å². The lowest BCUT2D eigenvalue weighted by molar-refractivity contribution is 0.0608. The van der Waals surface area contributed by atoms with Crippen molar-refractivity contribution in [1.82, 2.24) is 29.7 Å². The second kappa shape index (κ2) is 9.35. The van der Waals surface area contributed by atoms with E-state index in [9.17, 15) is 4.79 Å². The third-order valence-electron chi connectivity index (χ3n) is 7.27. The van der Waals surface area contributed by atoms with Crippen LogP contribution in [0.3, 0.4) is 0 Å². The van der Waals surface area contributed by atoms with Crippen LogP contribution in [0.15, 0.2) is 53.1 Å². The maximum Gasteiger partial charge on any atom is 0.274 e. The van der Waals surface area contributed by atoms with Crippen LogP contribution >= 0.6 is 0 Å². The summed E-state index contributed by atoms with van der Waals surface area (Å²) in [6, 6.07) is 16.3. The van der Waals surface area contributed by atoms with E-state index in [0.717, 1.165) is 54.7 Å². The predicted octanol–water partition coefficient (Wildman–Crippen LogP) is 3.99. The van der Waals surface area contributed by atoms with Gasteiger partial charge < -0.3 is 9.42 Å². The Kier molecular flexibility index (Phi) is 5.89. The van der Waals surface area contributed by atoms with Gasteiger partial charge in [0.15, 0.2) is 5.69 Å². The summed E-state index contributed by atoms with van der Waals surface area (Å²) in [5.41, 5.74) is 7.30. The fourth-order valence-electron chi connectivity index (χ4n) is 5.20. The van der Waals surface area contributed by atoms with Gasteiger partial charge in [-0.05, 0) is 44.7 Å². The summed E-state index contributed by atoms with van der Waals surface area (Å²) in [6.07, 6.45) is 2.96. The Morgan fingerprint density at radius 1 is 0.972 bits per heavy atom. The lowest BCUT2D eigenvalue weighted by Gasteiger charge is -2.33. The summed E-state index contributed by atoms with van der Waals surface area (Å²) in [7, 11) is 0. The standard InChI is InChI=1S/C28H30N6O2/c1-19-10-12-21(13-11-19)27-29-25(36-31-27)18-32-14-16-33(17-15-32)28(35)26-22-7-5-9-24(22)34(30-26)23-8-4-3-6-20(23)2/h3-4,6,8,10-13H,5,7,9,14-18H2,1-2H3. The van der Waals surface area contributed by atoms with Gasteiger partial charge in [-0.1, -0.05) is 53.2 Å². The molecule has 0 saturated carbocycles. The van der Waals surface area contributed by atoms with Gasteiger partial charge in [0, 0.05) is 43.0 Å². The molecule has 1 fully saturated rings. The Morgan fingerprint density at radius 3 is 2.53 bits per heavy atom. The number of aryl methyl sites for hydroxylation is 2. The number of fused-ring (bicyclic) bond motifs is 1. The Balaban J connectivity index is 1.12. The maximum absolute atomic E-state index is 13.5. The third-order valence-corrected chi connectivity index (χ3v) is 7.27. The van der Waals surface area contributed by atoms with Gasteiger partial charge in [-0.15, -0.1) is 0 Å². The molecular weight excluding hydrogens is 452 g/mol. The number of aromatic nitrogens is 4. The van der Waals surface area contributed by atoms with E-state index in [-0.39, 0.29) is 5.91 Å². The molecule has 4 aromatic rings. The van der Waals surface area contributed by atoms with Crippen LogP contribution in [0.4, 0.5) is 0 Å². The number of hydrogen-bond acceptors (Lipinski definition) is 6. The number of carbonyl (C=O) groups excluding carboxylic acids is 1. The molecule has 0 radical (unpaired) electrons. The lowest BCUT2D eigenvalue weighted by Crippen LogP contribution is -2.48. The van der Waals surface area contributed by atoms with Crippen molar-refractivity contribution in [3.8, 4) is 17.1 Å². The molecule has 1 aliphatic carbocycles. The monoisotopic (exact) mass is 482 g/mol. The molecule has 0 bridgehead atoms. The first-order chi connectivity index (χ1) is 17.6. The van der Waals surface area contributed by atoms with Gasteiger partial charge in [0.1, 0.15) is 0 Å². The van der Waals surface area contributed by atoms with E-state index >= 15 is 0 Å². The number of hydrogen-bond donors (Lipinski definition) is 0. The summed E-state index contributed by atoms with van der Waals surface area (Å²) in [4.78, 5) is 22.3. The van der Waals surface area contributed by atoms with E-state index in [1.807, 2.05) is 46.0 Å². The van der Waals surface area contributed by atoms with Gasteiger partial charge in [-0.3, -0.25) is 9.69 Å². The predicted molar refractivity (Wildman–Crippen MR) is 136 cm³/mol. The highest BCUT2D eigenvalue weighted by atomic mass is 16.5. The largest absolute Gasteiger partial charge is 0.338 e. The first-order valence-electron chi connectivity index (χ1n) is 12.6. The zero-order valence-corrected chi connectivity index (χ0v) is 20.8. The van der Waals surface area contributed by atoms with Crippen LogP contribution in [-0.4, -0.2) is 61.8 Å². The highest BCUT2D eigenvalue weighted by Gasteiger charge is 2.31. The number of amides is 1. The second-order valence-electron chi connectivity index (χ2n) is 9.77. The normalized spacial score (nSPS) is 15.9. The van der Waals surface area contributed by atoms with E-state index in [1.54, 1.807) is 0 Å². The summed E-state index contributed by atoms with van der Waals surface area (Å²) in [6.45, 7) is 7.56. The van der Waals surface area contributed by atoms with Crippen molar-refractivity contribution < 1.29 is 9.32 Å². The lowest BCUT2D eigenvalue weighted by atomic mass is 10.1. The van der Waals surface area contributed by atoms with Crippen LogP contribution in [0.2, 0.25) is 0 Å². The number of para-hydroxylation sites is 1. The van der Waals surface area contributed by atoms with Gasteiger partial charge in [-0.2, -0.15) is 10.1 Å². The Labute approximate surface area is 210 Å². The molecular formula is C28H30N6O2. The molecule has 3 heterocycles. The van der Waals surface area contributed by atoms with E-state index in [1.165, 1.54) is 11.3 Å². The fraction of sp³-hybridized carbons (Fsp3) is 0.357. The number of carbonyl (C=O) groups is 1. The van der Waals surface area contributed by atoms with Crippen LogP contribution in [0, 0.1) is 13.8 Å². The SMILES string of the molecule is Cc1ccc(-c2noc(CN3CCN(C(=O)c4nn(-c5ccccc5C)c5c4CCC5)CC3)n2)cc1. The van der Waals surface area contributed by atoms with E-state index in [0.29, 0.717) is 37.0 Å². The minimum Gasteiger partial charge on any atom is -0.338 e. The molecule has 0 unspecified atom stereocenters. The molecule has 1 aliphatic heterocycles. The van der Waals surface area contributed by atoms with Gasteiger partial charge in [0.25, 0.3) is 5.91 Å². The van der Waals surface area contributed by atoms with Crippen molar-refractivity contribution in [2.75, 3.05) is 26.2 Å². The summed E-state index contributed by atoms with van der Waals surface area (Å²) in [5.74, 6) is 1.25. The molecule has 1 amide bonds. The molecule has 2 aliphatic rings. The van der Waals surface area contributed by atoms with Crippen LogP contribution in [0.25, 0.3) is 17.1 Å². The fourth-order valence-corrected chi connectivity index (χ4v) is 5.20. The van der Waals surface area contributed by atoms with Gasteiger partial charge in [-0.25, -0.2) is 4.68 Å². The zero-order chi connectivity index (χ0) is 24.6.